The molecule has 0 fully saturated rings. The third-order valence-electron chi connectivity index (χ3n) is 12.6. The zero-order valence-electron chi connectivity index (χ0n) is 33.7. The molecule has 3 nitrogen and oxygen atoms in total. The van der Waals surface area contributed by atoms with Gasteiger partial charge in [0.15, 0.2) is 5.78 Å². The van der Waals surface area contributed by atoms with Crippen LogP contribution in [0.4, 0.5) is 0 Å². The second kappa shape index (κ2) is 15.6. The van der Waals surface area contributed by atoms with Crippen molar-refractivity contribution in [2.24, 2.45) is 16.7 Å². The van der Waals surface area contributed by atoms with Crippen molar-refractivity contribution in [3.05, 3.63) is 113 Å². The van der Waals surface area contributed by atoms with Gasteiger partial charge in [-0.1, -0.05) is 131 Å². The third-order valence-corrected chi connectivity index (χ3v) is 12.6. The first kappa shape index (κ1) is 41.4. The summed E-state index contributed by atoms with van der Waals surface area (Å²) in [7, 11) is 0. The first-order valence-corrected chi connectivity index (χ1v) is 19.2. The van der Waals surface area contributed by atoms with Crippen molar-refractivity contribution in [2.45, 2.75) is 126 Å². The van der Waals surface area contributed by atoms with Crippen molar-refractivity contribution < 1.29 is 30.0 Å². The van der Waals surface area contributed by atoms with Gasteiger partial charge in [-0.25, -0.2) is 0 Å². The fourth-order valence-electron chi connectivity index (χ4n) is 8.32. The van der Waals surface area contributed by atoms with Crippen LogP contribution in [0.25, 0.3) is 33.2 Å². The Morgan fingerprint density at radius 3 is 2.08 bits per heavy atom. The van der Waals surface area contributed by atoms with E-state index in [-0.39, 0.29) is 53.3 Å². The van der Waals surface area contributed by atoms with E-state index in [0.717, 1.165) is 43.4 Å². The summed E-state index contributed by atoms with van der Waals surface area (Å²) in [6, 6.07) is 26.0. The van der Waals surface area contributed by atoms with Crippen LogP contribution >= 0.6 is 0 Å². The predicted molar refractivity (Wildman–Crippen MR) is 217 cm³/mol. The van der Waals surface area contributed by atoms with Gasteiger partial charge in [0.05, 0.1) is 0 Å². The zero-order valence-corrected chi connectivity index (χ0v) is 36.1. The normalized spacial score (nSPS) is 15.8. The number of fused-ring (bicyclic) bond motifs is 5. The molecule has 2 aliphatic carbocycles. The quantitative estimate of drug-likeness (QED) is 0.0981. The molecule has 1 aromatic heterocycles. The molecule has 0 unspecified atom stereocenters. The fourth-order valence-corrected chi connectivity index (χ4v) is 8.32. The Labute approximate surface area is 327 Å². The van der Waals surface area contributed by atoms with Crippen LogP contribution in [-0.4, -0.2) is 15.9 Å². The maximum absolute atomic E-state index is 12.2. The fraction of sp³-hybridized carbons (Fsp3) is 0.458. The summed E-state index contributed by atoms with van der Waals surface area (Å²) in [5, 5.41) is 12.6. The Kier molecular flexibility index (Phi) is 12.4. The van der Waals surface area contributed by atoms with Crippen LogP contribution in [0.1, 0.15) is 137 Å². The molecule has 1 N–H and O–H groups in total. The van der Waals surface area contributed by atoms with E-state index in [2.05, 4.69) is 108 Å². The number of aromatic nitrogens is 1. The minimum absolute atomic E-state index is 0. The Hall–Kier alpha value is -3.33. The molecule has 1 radical (unpaired) electrons. The molecule has 52 heavy (non-hydrogen) atoms. The molecule has 0 atom stereocenters. The van der Waals surface area contributed by atoms with Gasteiger partial charge in [-0.3, -0.25) is 4.79 Å². The summed E-state index contributed by atoms with van der Waals surface area (Å²) in [6.07, 6.45) is 7.81. The number of carbonyl (C=O) groups is 1. The van der Waals surface area contributed by atoms with E-state index in [1.807, 2.05) is 47.7 Å². The first-order chi connectivity index (χ1) is 24.0. The number of aliphatic hydroxyl groups is 1. The SMILES string of the molecule is CC(C)Cc1ccc2c(-c3[c-]ccc4c3C(C)(C)C3=C4C(C)(C)c4ccccc43)nccc2c1.CCC(C)(CC)C(=O)/C=C(\O)C(C)(CC)CC.[Ir]. The van der Waals surface area contributed by atoms with Crippen molar-refractivity contribution in [2.75, 3.05) is 0 Å². The summed E-state index contributed by atoms with van der Waals surface area (Å²) in [6.45, 7) is 26.2. The van der Waals surface area contributed by atoms with Crippen LogP contribution in [0.5, 0.6) is 0 Å². The summed E-state index contributed by atoms with van der Waals surface area (Å²) in [5.41, 5.74) is 11.4. The average Bonchev–Trinajstić information content (AvgIpc) is 3.52. The van der Waals surface area contributed by atoms with Crippen molar-refractivity contribution in [3.63, 3.8) is 0 Å². The second-order valence-corrected chi connectivity index (χ2v) is 16.9. The summed E-state index contributed by atoms with van der Waals surface area (Å²) in [5.74, 6) is 0.929. The number of allylic oxidation sites excluding steroid dienone is 4. The van der Waals surface area contributed by atoms with Crippen LogP contribution in [-0.2, 0) is 42.2 Å². The van der Waals surface area contributed by atoms with E-state index in [4.69, 9.17) is 4.98 Å². The minimum atomic E-state index is -0.337. The number of aliphatic hydroxyl groups excluding tert-OH is 1. The molecule has 3 aromatic carbocycles. The van der Waals surface area contributed by atoms with Gasteiger partial charge in [0.25, 0.3) is 0 Å². The van der Waals surface area contributed by atoms with E-state index in [9.17, 15) is 9.90 Å². The van der Waals surface area contributed by atoms with Crippen LogP contribution in [0, 0.1) is 22.8 Å². The summed E-state index contributed by atoms with van der Waals surface area (Å²) in [4.78, 5) is 17.1. The Morgan fingerprint density at radius 1 is 0.846 bits per heavy atom. The standard InChI is InChI=1S/C33H32N.C15H28O2.Ir/c1-20(2)18-21-14-15-23-22(19-21)16-17-34-31(23)26-12-9-11-25-28(26)33(5,6)29-24-10-7-8-13-27(24)32(3,4)30(25)29;1-7-14(5,8-2)12(16)11-13(17)15(6,9-3)10-4;/h7-11,13-17,19-20H,18H2,1-6H3;11,16H,7-10H2,1-6H3;/q-1;;/b;12-11-;. The molecule has 4 heteroatoms. The van der Waals surface area contributed by atoms with Crippen LogP contribution in [0.2, 0.25) is 0 Å². The van der Waals surface area contributed by atoms with Gasteiger partial charge in [0.2, 0.25) is 0 Å². The maximum atomic E-state index is 12.2. The number of nitrogens with zero attached hydrogens (tertiary/aromatic N) is 1. The molecule has 4 aromatic rings. The molecule has 0 amide bonds. The number of hydrogen-bond donors (Lipinski definition) is 1. The van der Waals surface area contributed by atoms with Gasteiger partial charge < -0.3 is 10.1 Å². The van der Waals surface area contributed by atoms with Crippen LogP contribution in [0.3, 0.4) is 0 Å². The van der Waals surface area contributed by atoms with E-state index in [0.29, 0.717) is 5.92 Å². The van der Waals surface area contributed by atoms with Gasteiger partial charge >= 0.3 is 0 Å². The molecule has 0 aliphatic heterocycles. The number of rotatable bonds is 10. The smallest absolute Gasteiger partial charge is 0.164 e. The van der Waals surface area contributed by atoms with Crippen molar-refractivity contribution >= 4 is 27.7 Å². The molecule has 279 valence electrons. The Balaban J connectivity index is 0.000000289. The van der Waals surface area contributed by atoms with Crippen molar-refractivity contribution in [1.29, 1.82) is 0 Å². The maximum Gasteiger partial charge on any atom is 0.164 e. The minimum Gasteiger partial charge on any atom is -0.512 e. The van der Waals surface area contributed by atoms with Gasteiger partial charge in [0, 0.05) is 48.6 Å². The van der Waals surface area contributed by atoms with Crippen molar-refractivity contribution in [3.8, 4) is 11.3 Å². The second-order valence-electron chi connectivity index (χ2n) is 16.9. The molecule has 0 saturated heterocycles. The molecular weight excluding hydrogens is 815 g/mol. The topological polar surface area (TPSA) is 50.2 Å². The average molecular weight is 875 g/mol. The molecular formula is C48H60IrNO2-. The zero-order chi connectivity index (χ0) is 37.5. The van der Waals surface area contributed by atoms with Crippen LogP contribution < -0.4 is 0 Å². The molecule has 0 spiro atoms. The van der Waals surface area contributed by atoms with E-state index in [1.165, 1.54) is 55.8 Å². The number of ketones is 1. The molecule has 1 heterocycles. The van der Waals surface area contributed by atoms with Gasteiger partial charge in [-0.05, 0) is 93.8 Å². The van der Waals surface area contributed by atoms with E-state index < -0.39 is 0 Å². The van der Waals surface area contributed by atoms with Crippen molar-refractivity contribution in [1.82, 2.24) is 4.98 Å². The Morgan fingerprint density at radius 2 is 1.46 bits per heavy atom. The largest absolute Gasteiger partial charge is 0.512 e. The number of benzene rings is 3. The monoisotopic (exact) mass is 875 g/mol. The van der Waals surface area contributed by atoms with Gasteiger partial charge in [-0.2, -0.15) is 0 Å². The predicted octanol–water partition coefficient (Wildman–Crippen LogP) is 13.0. The summed E-state index contributed by atoms with van der Waals surface area (Å²) < 4.78 is 0. The number of pyridine rings is 1. The van der Waals surface area contributed by atoms with E-state index >= 15 is 0 Å². The summed E-state index contributed by atoms with van der Waals surface area (Å²) >= 11 is 0. The number of carbonyl (C=O) groups excluding carboxylic acids is 1. The van der Waals surface area contributed by atoms with Gasteiger partial charge in [0.1, 0.15) is 5.76 Å². The van der Waals surface area contributed by atoms with E-state index in [1.54, 1.807) is 0 Å². The molecule has 0 bridgehead atoms. The Bertz CT molecular complexity index is 2000. The number of hydrogen-bond acceptors (Lipinski definition) is 3. The van der Waals surface area contributed by atoms with Gasteiger partial charge in [-0.15, -0.1) is 29.3 Å². The molecule has 2 aliphatic rings. The molecule has 6 rings (SSSR count). The third kappa shape index (κ3) is 7.15. The molecule has 0 saturated carbocycles. The first-order valence-electron chi connectivity index (χ1n) is 19.2. The van der Waals surface area contributed by atoms with Crippen LogP contribution in [0.15, 0.2) is 78.7 Å².